The Hall–Kier alpha value is -1.08. The molecule has 0 heterocycles. The van der Waals surface area contributed by atoms with Gasteiger partial charge in [0.05, 0.1) is 0 Å². The van der Waals surface area contributed by atoms with Crippen molar-refractivity contribution in [3.8, 4) is 0 Å². The molecule has 0 saturated carbocycles. The maximum absolute atomic E-state index is 5.48. The van der Waals surface area contributed by atoms with E-state index in [-0.39, 0.29) is 0 Å². The van der Waals surface area contributed by atoms with Crippen LogP contribution >= 0.6 is 0 Å². The summed E-state index contributed by atoms with van der Waals surface area (Å²) in [5.41, 5.74) is 8.97. The van der Waals surface area contributed by atoms with Crippen molar-refractivity contribution >= 4 is 5.57 Å². The van der Waals surface area contributed by atoms with Crippen molar-refractivity contribution in [1.29, 1.82) is 0 Å². The quantitative estimate of drug-likeness (QED) is 0.722. The first kappa shape index (κ1) is 9.01. The van der Waals surface area contributed by atoms with Crippen LogP contribution in [-0.2, 0) is 6.42 Å². The summed E-state index contributed by atoms with van der Waals surface area (Å²) >= 11 is 0. The van der Waals surface area contributed by atoms with E-state index in [9.17, 15) is 0 Å². The smallest absolute Gasteiger partial charge is 0.0178 e. The third-order valence-electron chi connectivity index (χ3n) is 2.02. The Morgan fingerprint density at radius 3 is 2.33 bits per heavy atom. The van der Waals surface area contributed by atoms with E-state index in [2.05, 4.69) is 37.8 Å². The normalized spacial score (nSPS) is 9.83. The van der Waals surface area contributed by atoms with Gasteiger partial charge in [-0.05, 0) is 23.1 Å². The maximum Gasteiger partial charge on any atom is 0.0178 e. The summed E-state index contributed by atoms with van der Waals surface area (Å²) in [6.07, 6.45) is 1.08. The van der Waals surface area contributed by atoms with Gasteiger partial charge in [0.15, 0.2) is 0 Å². The minimum Gasteiger partial charge on any atom is -0.326 e. The molecule has 0 aliphatic carbocycles. The molecule has 0 spiro atoms. The largest absolute Gasteiger partial charge is 0.326 e. The summed E-state index contributed by atoms with van der Waals surface area (Å²) in [5, 5.41) is 0. The number of benzene rings is 1. The molecule has 0 bridgehead atoms. The zero-order chi connectivity index (χ0) is 8.97. The van der Waals surface area contributed by atoms with Gasteiger partial charge < -0.3 is 5.73 Å². The van der Waals surface area contributed by atoms with Crippen molar-refractivity contribution in [1.82, 2.24) is 0 Å². The third-order valence-corrected chi connectivity index (χ3v) is 2.02. The molecule has 0 atom stereocenters. The molecule has 1 aromatic rings. The average molecular weight is 161 g/mol. The Labute approximate surface area is 73.9 Å². The zero-order valence-corrected chi connectivity index (χ0v) is 7.51. The standard InChI is InChI=1S/C11H15N/c1-3-10-4-6-11(7-5-10)9(2)8-12/h4-7H,2-3,8,12H2,1H3. The number of aryl methyl sites for hydroxylation is 1. The van der Waals surface area contributed by atoms with E-state index >= 15 is 0 Å². The minimum absolute atomic E-state index is 0.533. The molecule has 0 saturated heterocycles. The maximum atomic E-state index is 5.48. The van der Waals surface area contributed by atoms with Crippen LogP contribution in [0.25, 0.3) is 5.57 Å². The van der Waals surface area contributed by atoms with Gasteiger partial charge in [0, 0.05) is 6.54 Å². The molecule has 0 aromatic heterocycles. The van der Waals surface area contributed by atoms with Crippen molar-refractivity contribution in [2.45, 2.75) is 13.3 Å². The second kappa shape index (κ2) is 4.07. The van der Waals surface area contributed by atoms with Crippen LogP contribution in [0.1, 0.15) is 18.1 Å². The van der Waals surface area contributed by atoms with Crippen LogP contribution in [0.3, 0.4) is 0 Å². The van der Waals surface area contributed by atoms with E-state index in [1.165, 1.54) is 5.56 Å². The first-order valence-electron chi connectivity index (χ1n) is 4.25. The molecule has 12 heavy (non-hydrogen) atoms. The Morgan fingerprint density at radius 1 is 1.33 bits per heavy atom. The first-order chi connectivity index (χ1) is 5.77. The fraction of sp³-hybridized carbons (Fsp3) is 0.273. The van der Waals surface area contributed by atoms with Crippen LogP contribution < -0.4 is 5.73 Å². The van der Waals surface area contributed by atoms with Crippen molar-refractivity contribution in [3.63, 3.8) is 0 Å². The van der Waals surface area contributed by atoms with E-state index in [4.69, 9.17) is 5.73 Å². The highest BCUT2D eigenvalue weighted by molar-refractivity contribution is 5.64. The summed E-state index contributed by atoms with van der Waals surface area (Å²) in [4.78, 5) is 0. The van der Waals surface area contributed by atoms with Gasteiger partial charge in [0.25, 0.3) is 0 Å². The van der Waals surface area contributed by atoms with E-state index in [0.717, 1.165) is 17.6 Å². The van der Waals surface area contributed by atoms with Gasteiger partial charge in [-0.3, -0.25) is 0 Å². The summed E-state index contributed by atoms with van der Waals surface area (Å²) in [7, 11) is 0. The van der Waals surface area contributed by atoms with Gasteiger partial charge in [-0.15, -0.1) is 0 Å². The van der Waals surface area contributed by atoms with E-state index in [1.54, 1.807) is 0 Å². The molecule has 0 amide bonds. The fourth-order valence-corrected chi connectivity index (χ4v) is 1.09. The number of nitrogens with two attached hydrogens (primary N) is 1. The lowest BCUT2D eigenvalue weighted by molar-refractivity contribution is 1.14. The molecule has 0 aliphatic rings. The molecular formula is C11H15N. The molecule has 64 valence electrons. The molecule has 1 nitrogen and oxygen atoms in total. The lowest BCUT2D eigenvalue weighted by Gasteiger charge is -2.03. The highest BCUT2D eigenvalue weighted by atomic mass is 14.5. The second-order valence-electron chi connectivity index (χ2n) is 2.86. The van der Waals surface area contributed by atoms with Gasteiger partial charge >= 0.3 is 0 Å². The predicted molar refractivity (Wildman–Crippen MR) is 53.9 cm³/mol. The molecule has 1 aromatic carbocycles. The second-order valence-corrected chi connectivity index (χ2v) is 2.86. The van der Waals surface area contributed by atoms with E-state index in [1.807, 2.05) is 0 Å². The molecule has 0 unspecified atom stereocenters. The Kier molecular flexibility index (Phi) is 3.06. The Bertz CT molecular complexity index is 259. The Balaban J connectivity index is 2.84. The molecule has 0 aliphatic heterocycles. The van der Waals surface area contributed by atoms with E-state index in [0.29, 0.717) is 6.54 Å². The van der Waals surface area contributed by atoms with Gasteiger partial charge in [0.1, 0.15) is 0 Å². The first-order valence-corrected chi connectivity index (χ1v) is 4.25. The molecular weight excluding hydrogens is 146 g/mol. The van der Waals surface area contributed by atoms with Gasteiger partial charge in [-0.25, -0.2) is 0 Å². The van der Waals surface area contributed by atoms with Crippen molar-refractivity contribution in [2.75, 3.05) is 6.54 Å². The van der Waals surface area contributed by atoms with E-state index < -0.39 is 0 Å². The molecule has 0 fully saturated rings. The predicted octanol–water partition coefficient (Wildman–Crippen LogP) is 2.22. The van der Waals surface area contributed by atoms with Crippen LogP contribution in [0.15, 0.2) is 30.8 Å². The molecule has 0 radical (unpaired) electrons. The topological polar surface area (TPSA) is 26.0 Å². The summed E-state index contributed by atoms with van der Waals surface area (Å²) in [6.45, 7) is 6.55. The molecule has 1 heteroatoms. The van der Waals surface area contributed by atoms with Crippen LogP contribution in [-0.4, -0.2) is 6.54 Å². The average Bonchev–Trinajstić information content (AvgIpc) is 2.17. The van der Waals surface area contributed by atoms with Crippen molar-refractivity contribution in [2.24, 2.45) is 5.73 Å². The summed E-state index contributed by atoms with van der Waals surface area (Å²) in [5.74, 6) is 0. The van der Waals surface area contributed by atoms with Crippen molar-refractivity contribution in [3.05, 3.63) is 42.0 Å². The van der Waals surface area contributed by atoms with Gasteiger partial charge in [-0.1, -0.05) is 37.8 Å². The highest BCUT2D eigenvalue weighted by Crippen LogP contribution is 2.12. The van der Waals surface area contributed by atoms with Crippen LogP contribution in [0, 0.1) is 0 Å². The summed E-state index contributed by atoms with van der Waals surface area (Å²) < 4.78 is 0. The monoisotopic (exact) mass is 161 g/mol. The molecule has 1 rings (SSSR count). The lowest BCUT2D eigenvalue weighted by Crippen LogP contribution is -2.00. The van der Waals surface area contributed by atoms with Crippen LogP contribution in [0.5, 0.6) is 0 Å². The lowest BCUT2D eigenvalue weighted by atomic mass is 10.0. The highest BCUT2D eigenvalue weighted by Gasteiger charge is 1.95. The number of rotatable bonds is 3. The van der Waals surface area contributed by atoms with Crippen LogP contribution in [0.4, 0.5) is 0 Å². The van der Waals surface area contributed by atoms with Gasteiger partial charge in [-0.2, -0.15) is 0 Å². The van der Waals surface area contributed by atoms with Crippen molar-refractivity contribution < 1.29 is 0 Å². The SMILES string of the molecule is C=C(CN)c1ccc(CC)cc1. The number of hydrogen-bond donors (Lipinski definition) is 1. The van der Waals surface area contributed by atoms with Crippen LogP contribution in [0.2, 0.25) is 0 Å². The number of hydrogen-bond acceptors (Lipinski definition) is 1. The zero-order valence-electron chi connectivity index (χ0n) is 7.51. The molecule has 2 N–H and O–H groups in total. The summed E-state index contributed by atoms with van der Waals surface area (Å²) in [6, 6.07) is 8.40. The minimum atomic E-state index is 0.533. The fourth-order valence-electron chi connectivity index (χ4n) is 1.09. The Morgan fingerprint density at radius 2 is 1.92 bits per heavy atom. The van der Waals surface area contributed by atoms with Gasteiger partial charge in [0.2, 0.25) is 0 Å². The third kappa shape index (κ3) is 1.95.